The molecule has 4 N–H and O–H groups in total. The zero-order valence-electron chi connectivity index (χ0n) is 12.2. The fourth-order valence-corrected chi connectivity index (χ4v) is 2.57. The van der Waals surface area contributed by atoms with E-state index in [2.05, 4.69) is 28.2 Å². The normalized spacial score (nSPS) is 19.4. The Morgan fingerprint density at radius 1 is 1.35 bits per heavy atom. The van der Waals surface area contributed by atoms with Crippen molar-refractivity contribution in [1.29, 1.82) is 0 Å². The van der Waals surface area contributed by atoms with Crippen LogP contribution in [0.2, 0.25) is 0 Å². The van der Waals surface area contributed by atoms with Crippen molar-refractivity contribution < 1.29 is 4.79 Å². The lowest BCUT2D eigenvalue weighted by atomic mass is 10.1. The minimum atomic E-state index is -0.202. The fraction of sp³-hybridized carbons (Fsp3) is 0.533. The van der Waals surface area contributed by atoms with Crippen molar-refractivity contribution in [3.63, 3.8) is 0 Å². The van der Waals surface area contributed by atoms with Crippen LogP contribution in [0.15, 0.2) is 24.3 Å². The number of hydrogen-bond donors (Lipinski definition) is 4. The number of carbonyl (C=O) groups excluding carboxylic acids is 1. The molecule has 5 heteroatoms. The Balaban J connectivity index is 1.81. The smallest absolute Gasteiger partial charge is 0.318 e. The lowest BCUT2D eigenvalue weighted by Crippen LogP contribution is -2.29. The third kappa shape index (κ3) is 4.42. The maximum absolute atomic E-state index is 11.2. The molecule has 1 aromatic rings. The zero-order chi connectivity index (χ0) is 14.4. The van der Waals surface area contributed by atoms with Gasteiger partial charge in [0.2, 0.25) is 0 Å². The molecule has 2 atom stereocenters. The van der Waals surface area contributed by atoms with Crippen LogP contribution < -0.4 is 21.3 Å². The number of rotatable bonds is 5. The largest absolute Gasteiger partial charge is 0.383 e. The van der Waals surface area contributed by atoms with Gasteiger partial charge in [-0.2, -0.15) is 0 Å². The summed E-state index contributed by atoms with van der Waals surface area (Å²) in [5, 5.41) is 12.3. The summed E-state index contributed by atoms with van der Waals surface area (Å²) in [7, 11) is 1.60. The second-order valence-corrected chi connectivity index (χ2v) is 5.36. The van der Waals surface area contributed by atoms with Crippen molar-refractivity contribution in [2.45, 2.75) is 38.3 Å². The Morgan fingerprint density at radius 2 is 2.05 bits per heavy atom. The lowest BCUT2D eigenvalue weighted by Gasteiger charge is -2.19. The van der Waals surface area contributed by atoms with Crippen molar-refractivity contribution in [1.82, 2.24) is 10.6 Å². The zero-order valence-corrected chi connectivity index (χ0v) is 12.2. The third-order valence-corrected chi connectivity index (χ3v) is 3.58. The highest BCUT2D eigenvalue weighted by Gasteiger charge is 2.16. The summed E-state index contributed by atoms with van der Waals surface area (Å²) in [6.45, 7) is 3.36. The number of nitrogens with one attached hydrogen (secondary N) is 4. The number of hydrogen-bond acceptors (Lipinski definition) is 3. The van der Waals surface area contributed by atoms with Gasteiger partial charge in [-0.25, -0.2) is 4.79 Å². The molecule has 0 spiro atoms. The van der Waals surface area contributed by atoms with Crippen molar-refractivity contribution in [2.24, 2.45) is 0 Å². The van der Waals surface area contributed by atoms with Gasteiger partial charge >= 0.3 is 6.03 Å². The van der Waals surface area contributed by atoms with Crippen LogP contribution in [0.3, 0.4) is 0 Å². The minimum Gasteiger partial charge on any atom is -0.383 e. The summed E-state index contributed by atoms with van der Waals surface area (Å²) in [5.74, 6) is 0. The van der Waals surface area contributed by atoms with Gasteiger partial charge in [0.15, 0.2) is 0 Å². The molecule has 2 rings (SSSR count). The van der Waals surface area contributed by atoms with Gasteiger partial charge in [-0.05, 0) is 57.0 Å². The van der Waals surface area contributed by atoms with E-state index in [9.17, 15) is 4.79 Å². The molecule has 0 aliphatic carbocycles. The van der Waals surface area contributed by atoms with Crippen LogP contribution in [-0.2, 0) is 0 Å². The fourth-order valence-electron chi connectivity index (χ4n) is 2.57. The molecule has 0 aromatic heterocycles. The van der Waals surface area contributed by atoms with Gasteiger partial charge in [-0.1, -0.05) is 0 Å². The summed E-state index contributed by atoms with van der Waals surface area (Å²) in [4.78, 5) is 11.2. The van der Waals surface area contributed by atoms with Crippen molar-refractivity contribution in [2.75, 3.05) is 24.2 Å². The minimum absolute atomic E-state index is 0.202. The van der Waals surface area contributed by atoms with E-state index < -0.39 is 0 Å². The second kappa shape index (κ2) is 7.14. The topological polar surface area (TPSA) is 65.2 Å². The highest BCUT2D eigenvalue weighted by molar-refractivity contribution is 5.89. The Labute approximate surface area is 120 Å². The molecular weight excluding hydrogens is 252 g/mol. The van der Waals surface area contributed by atoms with Crippen LogP contribution in [0.4, 0.5) is 16.2 Å². The van der Waals surface area contributed by atoms with Gasteiger partial charge in [0, 0.05) is 30.5 Å². The predicted molar refractivity (Wildman–Crippen MR) is 83.2 cm³/mol. The van der Waals surface area contributed by atoms with Gasteiger partial charge in [-0.15, -0.1) is 0 Å². The van der Waals surface area contributed by atoms with Crippen LogP contribution in [0.1, 0.15) is 26.2 Å². The van der Waals surface area contributed by atoms with Gasteiger partial charge in [0.05, 0.1) is 0 Å². The quantitative estimate of drug-likeness (QED) is 0.667. The summed E-state index contributed by atoms with van der Waals surface area (Å²) in [6.07, 6.45) is 3.70. The standard InChI is InChI=1S/C15H24N4O/c1-11(10-14-4-3-9-17-14)18-12-5-7-13(8-6-12)19-15(20)16-2/h5-8,11,14,17-18H,3-4,9-10H2,1-2H3,(H2,16,19,20). The monoisotopic (exact) mass is 276 g/mol. The van der Waals surface area contributed by atoms with Gasteiger partial charge in [-0.3, -0.25) is 0 Å². The van der Waals surface area contributed by atoms with E-state index in [4.69, 9.17) is 0 Å². The molecule has 110 valence electrons. The molecule has 20 heavy (non-hydrogen) atoms. The van der Waals surface area contributed by atoms with E-state index in [1.165, 1.54) is 12.8 Å². The highest BCUT2D eigenvalue weighted by Crippen LogP contribution is 2.17. The van der Waals surface area contributed by atoms with Crippen molar-refractivity contribution >= 4 is 17.4 Å². The molecule has 1 aromatic carbocycles. The van der Waals surface area contributed by atoms with E-state index in [0.717, 1.165) is 24.3 Å². The van der Waals surface area contributed by atoms with E-state index in [-0.39, 0.29) is 6.03 Å². The Morgan fingerprint density at radius 3 is 2.65 bits per heavy atom. The number of carbonyl (C=O) groups is 1. The second-order valence-electron chi connectivity index (χ2n) is 5.36. The molecule has 2 unspecified atom stereocenters. The first-order valence-corrected chi connectivity index (χ1v) is 7.26. The van der Waals surface area contributed by atoms with Crippen molar-refractivity contribution in [3.8, 4) is 0 Å². The molecule has 1 fully saturated rings. The molecule has 5 nitrogen and oxygen atoms in total. The highest BCUT2D eigenvalue weighted by atomic mass is 16.2. The number of urea groups is 1. The summed E-state index contributed by atoms with van der Waals surface area (Å²) in [5.41, 5.74) is 1.87. The number of anilines is 2. The Kier molecular flexibility index (Phi) is 5.24. The van der Waals surface area contributed by atoms with Crippen LogP contribution >= 0.6 is 0 Å². The van der Waals surface area contributed by atoms with Gasteiger partial charge in [0.25, 0.3) is 0 Å². The molecule has 0 radical (unpaired) electrons. The molecule has 0 bridgehead atoms. The van der Waals surface area contributed by atoms with Crippen LogP contribution in [-0.4, -0.2) is 31.7 Å². The average Bonchev–Trinajstić information content (AvgIpc) is 2.93. The number of benzene rings is 1. The maximum Gasteiger partial charge on any atom is 0.318 e. The first-order chi connectivity index (χ1) is 9.67. The number of amides is 2. The third-order valence-electron chi connectivity index (χ3n) is 3.58. The molecule has 1 saturated heterocycles. The predicted octanol–water partition coefficient (Wildman–Crippen LogP) is 2.38. The Bertz CT molecular complexity index is 426. The summed E-state index contributed by atoms with van der Waals surface area (Å²) < 4.78 is 0. The molecular formula is C15H24N4O. The van der Waals surface area contributed by atoms with E-state index in [0.29, 0.717) is 12.1 Å². The summed E-state index contributed by atoms with van der Waals surface area (Å²) in [6, 6.07) is 8.66. The van der Waals surface area contributed by atoms with Crippen molar-refractivity contribution in [3.05, 3.63) is 24.3 Å². The molecule has 0 saturated carbocycles. The van der Waals surface area contributed by atoms with E-state index >= 15 is 0 Å². The molecule has 2 amide bonds. The maximum atomic E-state index is 11.2. The van der Waals surface area contributed by atoms with E-state index in [1.54, 1.807) is 7.05 Å². The molecule has 1 aliphatic heterocycles. The van der Waals surface area contributed by atoms with Gasteiger partial charge < -0.3 is 21.3 Å². The SMILES string of the molecule is CNC(=O)Nc1ccc(NC(C)CC2CCCN2)cc1. The van der Waals surface area contributed by atoms with Crippen LogP contribution in [0.5, 0.6) is 0 Å². The molecule has 1 heterocycles. The van der Waals surface area contributed by atoms with Crippen LogP contribution in [0.25, 0.3) is 0 Å². The van der Waals surface area contributed by atoms with Crippen LogP contribution in [0, 0.1) is 0 Å². The molecule has 1 aliphatic rings. The Hall–Kier alpha value is -1.75. The lowest BCUT2D eigenvalue weighted by molar-refractivity contribution is 0.254. The first kappa shape index (κ1) is 14.7. The average molecular weight is 276 g/mol. The van der Waals surface area contributed by atoms with Gasteiger partial charge in [0.1, 0.15) is 0 Å². The van der Waals surface area contributed by atoms with E-state index in [1.807, 2.05) is 24.3 Å². The first-order valence-electron chi connectivity index (χ1n) is 7.26. The summed E-state index contributed by atoms with van der Waals surface area (Å²) >= 11 is 0.